The Kier molecular flexibility index (Phi) is 6.92. The average molecular weight is 533 g/mol. The molecule has 0 aliphatic carbocycles. The minimum atomic E-state index is -0.198. The van der Waals surface area contributed by atoms with Gasteiger partial charge in [0.2, 0.25) is 11.8 Å². The molecule has 0 aliphatic heterocycles. The molecular weight excluding hydrogens is 518 g/mol. The Morgan fingerprint density at radius 1 is 1.13 bits per heavy atom. The van der Waals surface area contributed by atoms with E-state index in [0.29, 0.717) is 27.7 Å². The van der Waals surface area contributed by atoms with Gasteiger partial charge in [-0.25, -0.2) is 4.98 Å². The number of thiocarbonyl (C=S) groups is 1. The third-order valence-corrected chi connectivity index (χ3v) is 6.35. The maximum Gasteiger partial charge on any atom is 0.236 e. The zero-order valence-electron chi connectivity index (χ0n) is 15.9. The lowest BCUT2D eigenvalue weighted by molar-refractivity contribution is -0.117. The topological polar surface area (TPSA) is 67.2 Å². The summed E-state index contributed by atoms with van der Waals surface area (Å²) in [6.07, 6.45) is 0. The molecule has 0 fully saturated rings. The first-order valence-corrected chi connectivity index (χ1v) is 11.7. The highest BCUT2D eigenvalue weighted by molar-refractivity contribution is 9.10. The number of nitrogens with zero attached hydrogens (tertiary/aromatic N) is 1. The Balaban J connectivity index is 1.37. The van der Waals surface area contributed by atoms with Gasteiger partial charge < -0.3 is 15.1 Å². The molecule has 0 radical (unpaired) electrons. The summed E-state index contributed by atoms with van der Waals surface area (Å²) in [5, 5.41) is 6.57. The Morgan fingerprint density at radius 2 is 1.90 bits per heavy atom. The Morgan fingerprint density at radius 3 is 2.68 bits per heavy atom. The van der Waals surface area contributed by atoms with Gasteiger partial charge in [-0.2, -0.15) is 0 Å². The van der Waals surface area contributed by atoms with Crippen molar-refractivity contribution < 1.29 is 9.21 Å². The van der Waals surface area contributed by atoms with E-state index in [1.807, 2.05) is 54.6 Å². The molecule has 0 saturated heterocycles. The zero-order valence-corrected chi connectivity index (χ0v) is 19.9. The third kappa shape index (κ3) is 5.65. The molecule has 1 aromatic heterocycles. The van der Waals surface area contributed by atoms with Gasteiger partial charge in [0.25, 0.3) is 0 Å². The van der Waals surface area contributed by atoms with Crippen LogP contribution >= 0.6 is 51.5 Å². The fourth-order valence-corrected chi connectivity index (χ4v) is 4.27. The predicted octanol–water partition coefficient (Wildman–Crippen LogP) is 6.52. The monoisotopic (exact) mass is 531 g/mol. The molecule has 0 atom stereocenters. The summed E-state index contributed by atoms with van der Waals surface area (Å²) in [5.74, 6) is 0.562. The summed E-state index contributed by atoms with van der Waals surface area (Å²) in [5.41, 5.74) is 2.91. The maximum atomic E-state index is 12.2. The van der Waals surface area contributed by atoms with E-state index in [4.69, 9.17) is 28.2 Å². The van der Waals surface area contributed by atoms with Crippen LogP contribution in [0.15, 0.2) is 80.5 Å². The molecule has 156 valence electrons. The zero-order chi connectivity index (χ0) is 21.8. The number of aromatic nitrogens is 1. The first kappa shape index (κ1) is 21.8. The highest BCUT2D eigenvalue weighted by Gasteiger charge is 2.12. The molecule has 0 spiro atoms. The number of carbonyl (C=O) groups is 1. The van der Waals surface area contributed by atoms with Gasteiger partial charge in [0, 0.05) is 20.1 Å². The standard InChI is InChI=1S/C22H15BrClN3O2S2/c23-17-4-2-1-3-16(17)21-26-18-11-14(7-10-19(18)29-21)25-22(30)27-20(28)12-31-15-8-5-13(24)6-9-15/h1-11H,12H2,(H2,25,27,28,30). The molecule has 0 aliphatic rings. The average Bonchev–Trinajstić information content (AvgIpc) is 3.16. The number of fused-ring (bicyclic) bond motifs is 1. The summed E-state index contributed by atoms with van der Waals surface area (Å²) in [6.45, 7) is 0. The van der Waals surface area contributed by atoms with E-state index in [1.54, 1.807) is 12.1 Å². The lowest BCUT2D eigenvalue weighted by Crippen LogP contribution is -2.35. The molecule has 9 heteroatoms. The molecule has 4 rings (SSSR count). The number of hydrogen-bond acceptors (Lipinski definition) is 5. The van der Waals surface area contributed by atoms with Crippen molar-refractivity contribution in [2.24, 2.45) is 0 Å². The van der Waals surface area contributed by atoms with E-state index < -0.39 is 0 Å². The highest BCUT2D eigenvalue weighted by atomic mass is 79.9. The first-order valence-electron chi connectivity index (χ1n) is 9.12. The molecule has 0 saturated carbocycles. The lowest BCUT2D eigenvalue weighted by Gasteiger charge is -2.09. The number of rotatable bonds is 5. The van der Waals surface area contributed by atoms with Gasteiger partial charge in [-0.15, -0.1) is 11.8 Å². The molecular formula is C22H15BrClN3O2S2. The molecule has 1 amide bonds. The van der Waals surface area contributed by atoms with Crippen molar-refractivity contribution in [3.8, 4) is 11.5 Å². The molecule has 31 heavy (non-hydrogen) atoms. The molecule has 1 heterocycles. The van der Waals surface area contributed by atoms with Crippen LogP contribution in [0.5, 0.6) is 0 Å². The third-order valence-electron chi connectivity index (χ3n) is 4.19. The molecule has 0 bridgehead atoms. The molecule has 5 nitrogen and oxygen atoms in total. The normalized spacial score (nSPS) is 10.8. The van der Waals surface area contributed by atoms with Crippen molar-refractivity contribution in [2.75, 3.05) is 11.1 Å². The van der Waals surface area contributed by atoms with Crippen molar-refractivity contribution in [1.82, 2.24) is 10.3 Å². The minimum absolute atomic E-state index is 0.198. The van der Waals surface area contributed by atoms with Crippen LogP contribution < -0.4 is 10.6 Å². The second kappa shape index (κ2) is 9.82. The van der Waals surface area contributed by atoms with Crippen LogP contribution in [-0.2, 0) is 4.79 Å². The van der Waals surface area contributed by atoms with Crippen LogP contribution in [-0.4, -0.2) is 21.8 Å². The van der Waals surface area contributed by atoms with Gasteiger partial charge in [-0.3, -0.25) is 4.79 Å². The van der Waals surface area contributed by atoms with Crippen molar-refractivity contribution in [1.29, 1.82) is 0 Å². The van der Waals surface area contributed by atoms with E-state index in [0.717, 1.165) is 14.9 Å². The minimum Gasteiger partial charge on any atom is -0.436 e. The predicted molar refractivity (Wildman–Crippen MR) is 134 cm³/mol. The van der Waals surface area contributed by atoms with Crippen molar-refractivity contribution in [3.05, 3.63) is 76.2 Å². The summed E-state index contributed by atoms with van der Waals surface area (Å²) >= 11 is 16.1. The summed E-state index contributed by atoms with van der Waals surface area (Å²) < 4.78 is 6.76. The van der Waals surface area contributed by atoms with Gasteiger partial charge in [0.05, 0.1) is 11.3 Å². The van der Waals surface area contributed by atoms with Gasteiger partial charge in [-0.05, 0) is 82.7 Å². The largest absolute Gasteiger partial charge is 0.436 e. The molecule has 0 unspecified atom stereocenters. The van der Waals surface area contributed by atoms with Crippen LogP contribution in [0.3, 0.4) is 0 Å². The number of halogens is 2. The number of amides is 1. The summed E-state index contributed by atoms with van der Waals surface area (Å²) in [4.78, 5) is 17.7. The van der Waals surface area contributed by atoms with Crippen molar-refractivity contribution >= 4 is 79.3 Å². The van der Waals surface area contributed by atoms with Crippen LogP contribution in [0.2, 0.25) is 5.02 Å². The van der Waals surface area contributed by atoms with Crippen LogP contribution in [0.25, 0.3) is 22.6 Å². The van der Waals surface area contributed by atoms with E-state index >= 15 is 0 Å². The van der Waals surface area contributed by atoms with Gasteiger partial charge in [0.15, 0.2) is 10.7 Å². The Labute approximate surface area is 201 Å². The van der Waals surface area contributed by atoms with Crippen LogP contribution in [0.4, 0.5) is 5.69 Å². The van der Waals surface area contributed by atoms with E-state index in [2.05, 4.69) is 31.5 Å². The quantitative estimate of drug-likeness (QED) is 0.225. The van der Waals surface area contributed by atoms with Crippen molar-refractivity contribution in [2.45, 2.75) is 4.90 Å². The second-order valence-corrected chi connectivity index (χ2v) is 9.17. The van der Waals surface area contributed by atoms with E-state index in [-0.39, 0.29) is 16.8 Å². The van der Waals surface area contributed by atoms with Crippen LogP contribution in [0, 0.1) is 0 Å². The fourth-order valence-electron chi connectivity index (χ4n) is 2.76. The number of nitrogens with one attached hydrogen (secondary N) is 2. The Hall–Kier alpha value is -2.39. The molecule has 4 aromatic rings. The summed E-state index contributed by atoms with van der Waals surface area (Å²) in [7, 11) is 0. The first-order chi connectivity index (χ1) is 15.0. The molecule has 2 N–H and O–H groups in total. The molecule has 3 aromatic carbocycles. The smallest absolute Gasteiger partial charge is 0.236 e. The highest BCUT2D eigenvalue weighted by Crippen LogP contribution is 2.31. The van der Waals surface area contributed by atoms with E-state index in [9.17, 15) is 4.79 Å². The van der Waals surface area contributed by atoms with Gasteiger partial charge in [0.1, 0.15) is 5.52 Å². The van der Waals surface area contributed by atoms with Crippen molar-refractivity contribution in [3.63, 3.8) is 0 Å². The summed E-state index contributed by atoms with van der Waals surface area (Å²) in [6, 6.07) is 20.5. The van der Waals surface area contributed by atoms with Crippen LogP contribution in [0.1, 0.15) is 0 Å². The number of thioether (sulfide) groups is 1. The number of anilines is 1. The fraction of sp³-hybridized carbons (Fsp3) is 0.0455. The lowest BCUT2D eigenvalue weighted by atomic mass is 10.2. The van der Waals surface area contributed by atoms with E-state index in [1.165, 1.54) is 11.8 Å². The van der Waals surface area contributed by atoms with Gasteiger partial charge in [-0.1, -0.05) is 23.7 Å². The SMILES string of the molecule is O=C(CSc1ccc(Cl)cc1)NC(=S)Nc1ccc2oc(-c3ccccc3Br)nc2c1. The second-order valence-electron chi connectivity index (χ2n) is 6.43. The number of hydrogen-bond donors (Lipinski definition) is 2. The number of benzene rings is 3. The van der Waals surface area contributed by atoms with Gasteiger partial charge >= 0.3 is 0 Å². The maximum absolute atomic E-state index is 12.2. The number of carbonyl (C=O) groups excluding carboxylic acids is 1. The Bertz CT molecular complexity index is 1260. The number of oxazole rings is 1.